The number of rotatable bonds is 7. The minimum atomic E-state index is -0.483. The van der Waals surface area contributed by atoms with E-state index in [-0.39, 0.29) is 57.8 Å². The highest BCUT2D eigenvalue weighted by molar-refractivity contribution is 7.98. The molecule has 2 aliphatic rings. The van der Waals surface area contributed by atoms with E-state index in [2.05, 4.69) is 34.5 Å². The third kappa shape index (κ3) is 5.76. The summed E-state index contributed by atoms with van der Waals surface area (Å²) in [5.41, 5.74) is 1.46. The van der Waals surface area contributed by atoms with Gasteiger partial charge in [-0.05, 0) is 25.1 Å². The van der Waals surface area contributed by atoms with Crippen LogP contribution in [0.2, 0.25) is 0 Å². The monoisotopic (exact) mass is 747 g/mol. The molecule has 0 N–H and O–H groups in total. The van der Waals surface area contributed by atoms with Crippen LogP contribution in [0.4, 0.5) is 10.1 Å². The molecule has 0 unspecified atom stereocenters. The predicted octanol–water partition coefficient (Wildman–Crippen LogP) is 1.40. The fourth-order valence-electron chi connectivity index (χ4n) is 5.63. The Labute approximate surface area is 279 Å². The van der Waals surface area contributed by atoms with Crippen LogP contribution in [0.5, 0.6) is 11.5 Å². The summed E-state index contributed by atoms with van der Waals surface area (Å²) in [6.07, 6.45) is 1.71. The Bertz CT molecular complexity index is 1930. The molecule has 236 valence electrons. The minimum Gasteiger partial charge on any atom is -1.00 e. The second kappa shape index (κ2) is 12.2. The van der Waals surface area contributed by atoms with Crippen molar-refractivity contribution in [2.24, 2.45) is 0 Å². The molecule has 0 amide bonds. The molecule has 0 radical (unpaired) electrons. The number of pyridine rings is 1. The Morgan fingerprint density at radius 2 is 1.80 bits per heavy atom. The van der Waals surface area contributed by atoms with E-state index < -0.39 is 11.2 Å². The van der Waals surface area contributed by atoms with Gasteiger partial charge < -0.3 is 56.2 Å². The normalized spacial score (nSPS) is 17.2. The van der Waals surface area contributed by atoms with Crippen molar-refractivity contribution in [1.29, 1.82) is 0 Å². The molecule has 2 aromatic carbocycles. The van der Waals surface area contributed by atoms with E-state index in [1.807, 2.05) is 40.7 Å². The maximum Gasteiger partial charge on any atom is 0.277 e. The lowest BCUT2D eigenvalue weighted by Crippen LogP contribution is -3.00. The summed E-state index contributed by atoms with van der Waals surface area (Å²) >= 11 is 1.20. The smallest absolute Gasteiger partial charge is 0.277 e. The molecule has 1 saturated heterocycles. The lowest BCUT2D eigenvalue weighted by atomic mass is 10.1. The minimum absolute atomic E-state index is 0. The average Bonchev–Trinajstić information content (AvgIpc) is 3.69. The SMILES string of the molecule is COc1ccccc1-c1nnc(CSc2nnc(-c3cn4c5c(c(N6CC[N+](C)(C)CC6)c(F)cc5c3=O)OC[C@@H]4C)o2)o1.[I-]. The van der Waals surface area contributed by atoms with Crippen molar-refractivity contribution in [3.8, 4) is 34.4 Å². The summed E-state index contributed by atoms with van der Waals surface area (Å²) in [7, 11) is 5.91. The van der Waals surface area contributed by atoms with E-state index in [0.717, 1.165) is 17.6 Å². The quantitative estimate of drug-likeness (QED) is 0.137. The number of hydrogen-bond acceptors (Lipinski definition) is 11. The van der Waals surface area contributed by atoms with Crippen molar-refractivity contribution in [3.05, 3.63) is 58.5 Å². The fourth-order valence-corrected chi connectivity index (χ4v) is 6.23. The van der Waals surface area contributed by atoms with Crippen LogP contribution >= 0.6 is 11.8 Å². The first-order valence-electron chi connectivity index (χ1n) is 14.3. The molecule has 3 aromatic heterocycles. The highest BCUT2D eigenvalue weighted by Crippen LogP contribution is 2.43. The first-order valence-corrected chi connectivity index (χ1v) is 15.2. The third-order valence-electron chi connectivity index (χ3n) is 8.17. The number of thioether (sulfide) groups is 1. The van der Waals surface area contributed by atoms with Gasteiger partial charge in [0.1, 0.15) is 23.6 Å². The van der Waals surface area contributed by atoms with E-state index in [9.17, 15) is 4.79 Å². The molecule has 0 saturated carbocycles. The largest absolute Gasteiger partial charge is 1.00 e. The number of quaternary nitrogens is 1. The molecule has 1 fully saturated rings. The van der Waals surface area contributed by atoms with Gasteiger partial charge in [0.25, 0.3) is 17.0 Å². The van der Waals surface area contributed by atoms with Gasteiger partial charge in [0.05, 0.1) is 75.6 Å². The molecule has 2 aliphatic heterocycles. The van der Waals surface area contributed by atoms with Crippen molar-refractivity contribution in [1.82, 2.24) is 25.0 Å². The number of nitrogens with zero attached hydrogens (tertiary/aromatic N) is 7. The summed E-state index contributed by atoms with van der Waals surface area (Å²) in [6.45, 7) is 5.47. The van der Waals surface area contributed by atoms with Crippen LogP contribution < -0.4 is 43.8 Å². The Balaban J connectivity index is 0.00000357. The zero-order valence-electron chi connectivity index (χ0n) is 25.1. The number of aromatic nitrogens is 5. The highest BCUT2D eigenvalue weighted by Gasteiger charge is 2.33. The topological polar surface area (TPSA) is 122 Å². The van der Waals surface area contributed by atoms with Crippen LogP contribution in [0.15, 0.2) is 55.4 Å². The molecule has 1 atom stereocenters. The number of halogens is 2. The average molecular weight is 748 g/mol. The van der Waals surface area contributed by atoms with Crippen LogP contribution in [-0.2, 0) is 5.75 Å². The van der Waals surface area contributed by atoms with Gasteiger partial charge in [-0.2, -0.15) is 0 Å². The number of para-hydroxylation sites is 1. The van der Waals surface area contributed by atoms with Crippen LogP contribution in [0.1, 0.15) is 18.9 Å². The fraction of sp³-hybridized carbons (Fsp3) is 0.367. The van der Waals surface area contributed by atoms with Gasteiger partial charge in [0.2, 0.25) is 11.3 Å². The second-order valence-electron chi connectivity index (χ2n) is 11.6. The number of piperazine rings is 1. The number of ether oxygens (including phenoxy) is 2. The van der Waals surface area contributed by atoms with E-state index in [4.69, 9.17) is 18.3 Å². The molecule has 5 heterocycles. The molecule has 5 aromatic rings. The molecule has 0 aliphatic carbocycles. The van der Waals surface area contributed by atoms with Crippen molar-refractivity contribution in [2.75, 3.05) is 58.9 Å². The summed E-state index contributed by atoms with van der Waals surface area (Å²) < 4.78 is 41.8. The molecular formula is C30H31FIN7O5S. The first-order chi connectivity index (χ1) is 21.2. The third-order valence-corrected chi connectivity index (χ3v) is 8.97. The van der Waals surface area contributed by atoms with Crippen molar-refractivity contribution in [3.63, 3.8) is 0 Å². The predicted molar refractivity (Wildman–Crippen MR) is 162 cm³/mol. The van der Waals surface area contributed by atoms with Crippen molar-refractivity contribution < 1.29 is 51.2 Å². The molecule has 0 spiro atoms. The van der Waals surface area contributed by atoms with Gasteiger partial charge >= 0.3 is 0 Å². The van der Waals surface area contributed by atoms with Gasteiger partial charge in [-0.3, -0.25) is 4.79 Å². The van der Waals surface area contributed by atoms with Gasteiger partial charge in [-0.25, -0.2) is 4.39 Å². The Morgan fingerprint density at radius 1 is 1.07 bits per heavy atom. The number of benzene rings is 2. The first kappa shape index (κ1) is 31.3. The van der Waals surface area contributed by atoms with E-state index in [0.29, 0.717) is 59.7 Å². The number of methoxy groups -OCH3 is 1. The molecule has 7 rings (SSSR count). The summed E-state index contributed by atoms with van der Waals surface area (Å²) in [5.74, 6) is 1.55. The molecule has 15 heteroatoms. The summed E-state index contributed by atoms with van der Waals surface area (Å²) in [4.78, 5) is 15.8. The Hall–Kier alpha value is -3.70. The number of likely N-dealkylation sites (N-methyl/N-ethyl adjacent to an activating group) is 1. The standard InChI is InChI=1S/C30H31FN7O5S.HI/c1-17-15-41-27-24-19(13-21(31)25(27)36-9-11-38(2,3)12-10-36)26(39)20(14-37(17)24)29-34-35-30(43-29)44-16-23-32-33-28(42-23)18-7-5-6-8-22(18)40-4;/h5-8,13-14,17H,9-12,15-16H2,1-4H3;1H/q+1;/p-1/t17-;/m0./s1. The number of hydrogen-bond donors (Lipinski definition) is 0. The highest BCUT2D eigenvalue weighted by atomic mass is 127. The van der Waals surface area contributed by atoms with Crippen LogP contribution in [0.3, 0.4) is 0 Å². The Kier molecular flexibility index (Phi) is 8.51. The lowest BCUT2D eigenvalue weighted by molar-refractivity contribution is -0.890. The number of anilines is 1. The molecular weight excluding hydrogens is 716 g/mol. The lowest BCUT2D eigenvalue weighted by Gasteiger charge is -2.41. The van der Waals surface area contributed by atoms with Gasteiger partial charge in [-0.1, -0.05) is 23.9 Å². The zero-order valence-corrected chi connectivity index (χ0v) is 28.1. The van der Waals surface area contributed by atoms with Gasteiger partial charge in [0, 0.05) is 6.20 Å². The zero-order chi connectivity index (χ0) is 30.6. The molecule has 12 nitrogen and oxygen atoms in total. The van der Waals surface area contributed by atoms with E-state index in [1.165, 1.54) is 17.8 Å². The van der Waals surface area contributed by atoms with Crippen LogP contribution in [0, 0.1) is 5.82 Å². The summed E-state index contributed by atoms with van der Waals surface area (Å²) in [6, 6.07) is 8.57. The Morgan fingerprint density at radius 3 is 2.58 bits per heavy atom. The van der Waals surface area contributed by atoms with Crippen molar-refractivity contribution in [2.45, 2.75) is 23.9 Å². The summed E-state index contributed by atoms with van der Waals surface area (Å²) in [5, 5.41) is 16.9. The second-order valence-corrected chi connectivity index (χ2v) is 12.5. The maximum absolute atomic E-state index is 15.8. The van der Waals surface area contributed by atoms with E-state index >= 15 is 4.39 Å². The molecule has 0 bridgehead atoms. The molecule has 45 heavy (non-hydrogen) atoms. The van der Waals surface area contributed by atoms with Crippen LogP contribution in [0.25, 0.3) is 33.8 Å². The van der Waals surface area contributed by atoms with Crippen LogP contribution in [-0.4, -0.2) is 83.4 Å². The van der Waals surface area contributed by atoms with Crippen molar-refractivity contribution >= 4 is 28.4 Å². The van der Waals surface area contributed by atoms with E-state index in [1.54, 1.807) is 13.3 Å². The maximum atomic E-state index is 15.8. The van der Waals surface area contributed by atoms with Gasteiger partial charge in [0.15, 0.2) is 11.6 Å². The van der Waals surface area contributed by atoms with Gasteiger partial charge in [-0.15, -0.1) is 20.4 Å².